The van der Waals surface area contributed by atoms with Crippen LogP contribution in [0.15, 0.2) is 35.9 Å². The summed E-state index contributed by atoms with van der Waals surface area (Å²) in [5, 5.41) is 10.2. The minimum Gasteiger partial charge on any atom is -0.393 e. The van der Waals surface area contributed by atoms with Gasteiger partial charge in [0.25, 0.3) is 0 Å². The van der Waals surface area contributed by atoms with Gasteiger partial charge in [0.05, 0.1) is 6.10 Å². The molecule has 1 aromatic rings. The fourth-order valence-corrected chi connectivity index (χ4v) is 3.19. The summed E-state index contributed by atoms with van der Waals surface area (Å²) >= 11 is 0. The van der Waals surface area contributed by atoms with Gasteiger partial charge in [0.1, 0.15) is 8.07 Å². The van der Waals surface area contributed by atoms with E-state index in [9.17, 15) is 5.11 Å². The van der Waals surface area contributed by atoms with E-state index < -0.39 is 8.07 Å². The van der Waals surface area contributed by atoms with E-state index in [0.29, 0.717) is 5.92 Å². The summed E-state index contributed by atoms with van der Waals surface area (Å²) < 4.78 is 0. The van der Waals surface area contributed by atoms with Gasteiger partial charge in [-0.1, -0.05) is 81.9 Å². The van der Waals surface area contributed by atoms with Gasteiger partial charge in [-0.15, -0.1) is 11.5 Å². The molecule has 0 aromatic heterocycles. The molecule has 0 radical (unpaired) electrons. The Morgan fingerprint density at radius 3 is 2.39 bits per heavy atom. The van der Waals surface area contributed by atoms with Gasteiger partial charge in [-0.2, -0.15) is 0 Å². The first kappa shape index (κ1) is 19.7. The monoisotopic (exact) mass is 328 g/mol. The molecule has 2 atom stereocenters. The summed E-state index contributed by atoms with van der Waals surface area (Å²) in [6.07, 6.45) is 5.55. The summed E-state index contributed by atoms with van der Waals surface area (Å²) in [5.41, 5.74) is 5.97. The van der Waals surface area contributed by atoms with Gasteiger partial charge in [0.2, 0.25) is 0 Å². The maximum absolute atomic E-state index is 10.2. The first-order valence-corrected chi connectivity index (χ1v) is 12.3. The lowest BCUT2D eigenvalue weighted by atomic mass is 9.94. The van der Waals surface area contributed by atoms with Gasteiger partial charge in [-0.25, -0.2) is 0 Å². The molecular weight excluding hydrogens is 296 g/mol. The highest BCUT2D eigenvalue weighted by Gasteiger charge is 2.12. The number of aliphatic hydroxyl groups is 1. The molecule has 0 saturated carbocycles. The van der Waals surface area contributed by atoms with Crippen molar-refractivity contribution in [2.24, 2.45) is 5.92 Å². The van der Waals surface area contributed by atoms with Crippen molar-refractivity contribution in [3.8, 4) is 11.5 Å². The largest absolute Gasteiger partial charge is 0.393 e. The fraction of sp³-hybridized carbons (Fsp3) is 0.524. The van der Waals surface area contributed by atoms with Crippen molar-refractivity contribution in [3.63, 3.8) is 0 Å². The Bertz CT molecular complexity index is 543. The Morgan fingerprint density at radius 2 is 1.83 bits per heavy atom. The second kappa shape index (κ2) is 9.75. The third-order valence-corrected chi connectivity index (χ3v) is 4.45. The average molecular weight is 329 g/mol. The van der Waals surface area contributed by atoms with Crippen LogP contribution in [0.5, 0.6) is 0 Å². The van der Waals surface area contributed by atoms with Crippen LogP contribution >= 0.6 is 0 Å². The maximum Gasteiger partial charge on any atom is 0.129 e. The molecular formula is C21H32OSi. The van der Waals surface area contributed by atoms with Crippen LogP contribution in [0, 0.1) is 17.4 Å². The van der Waals surface area contributed by atoms with E-state index in [-0.39, 0.29) is 6.10 Å². The number of aliphatic hydroxyl groups excluding tert-OH is 1. The van der Waals surface area contributed by atoms with E-state index in [0.717, 1.165) is 25.7 Å². The Hall–Kier alpha value is -1.30. The van der Waals surface area contributed by atoms with E-state index in [4.69, 9.17) is 0 Å². The van der Waals surface area contributed by atoms with Crippen molar-refractivity contribution in [3.05, 3.63) is 41.5 Å². The Morgan fingerprint density at radius 1 is 1.17 bits per heavy atom. The van der Waals surface area contributed by atoms with Gasteiger partial charge in [-0.3, -0.25) is 0 Å². The lowest BCUT2D eigenvalue weighted by molar-refractivity contribution is 0.162. The molecule has 0 fully saturated rings. The molecule has 1 N–H and O–H groups in total. The highest BCUT2D eigenvalue weighted by molar-refractivity contribution is 6.83. The summed E-state index contributed by atoms with van der Waals surface area (Å²) in [6, 6.07) is 10.4. The molecule has 1 aromatic carbocycles. The molecule has 0 aliphatic carbocycles. The fourth-order valence-electron chi connectivity index (χ4n) is 2.51. The first-order chi connectivity index (χ1) is 10.8. The highest BCUT2D eigenvalue weighted by Crippen LogP contribution is 2.21. The molecule has 0 aliphatic heterocycles. The average Bonchev–Trinajstić information content (AvgIpc) is 2.45. The Balaban J connectivity index is 2.86. The second-order valence-corrected chi connectivity index (χ2v) is 12.2. The topological polar surface area (TPSA) is 20.2 Å². The van der Waals surface area contributed by atoms with Gasteiger partial charge in [0, 0.05) is 5.92 Å². The van der Waals surface area contributed by atoms with E-state index in [1.54, 1.807) is 0 Å². The van der Waals surface area contributed by atoms with Crippen LogP contribution in [0.4, 0.5) is 0 Å². The normalized spacial score (nSPS) is 14.8. The quantitative estimate of drug-likeness (QED) is 0.515. The SMILES string of the molecule is CCC[C@@H](O)C/C(=C/c1ccccc1)C[C@@H](C)C#C[Si](C)(C)C. The second-order valence-electron chi connectivity index (χ2n) is 7.48. The Labute approximate surface area is 143 Å². The predicted octanol–water partition coefficient (Wildman–Crippen LogP) is 5.53. The molecule has 2 heteroatoms. The molecule has 0 spiro atoms. The van der Waals surface area contributed by atoms with Crippen molar-refractivity contribution in [2.75, 3.05) is 0 Å². The smallest absolute Gasteiger partial charge is 0.129 e. The van der Waals surface area contributed by atoms with E-state index in [1.165, 1.54) is 11.1 Å². The number of hydrogen-bond acceptors (Lipinski definition) is 1. The number of rotatable bonds is 7. The van der Waals surface area contributed by atoms with Gasteiger partial charge in [-0.05, 0) is 24.8 Å². The van der Waals surface area contributed by atoms with Crippen LogP contribution in [0.3, 0.4) is 0 Å². The molecule has 0 unspecified atom stereocenters. The minimum atomic E-state index is -1.32. The van der Waals surface area contributed by atoms with Crippen molar-refractivity contribution in [1.82, 2.24) is 0 Å². The molecule has 0 heterocycles. The Kier molecular flexibility index (Phi) is 8.37. The molecule has 23 heavy (non-hydrogen) atoms. The zero-order valence-electron chi connectivity index (χ0n) is 15.4. The summed E-state index contributed by atoms with van der Waals surface area (Å²) in [4.78, 5) is 0. The molecule has 0 amide bonds. The van der Waals surface area contributed by atoms with Crippen LogP contribution < -0.4 is 0 Å². The van der Waals surface area contributed by atoms with Crippen LogP contribution in [0.2, 0.25) is 19.6 Å². The molecule has 0 saturated heterocycles. The van der Waals surface area contributed by atoms with Crippen molar-refractivity contribution >= 4 is 14.1 Å². The van der Waals surface area contributed by atoms with E-state index >= 15 is 0 Å². The molecule has 1 rings (SSSR count). The third kappa shape index (κ3) is 9.43. The standard InChI is InChI=1S/C21H32OSi/c1-6-10-21(22)17-20(16-19-11-8-7-9-12-19)15-18(2)13-14-23(3,4)5/h7-9,11-12,16,18,21-22H,6,10,15,17H2,1-5H3/b20-16+/t18-,21+/m0/s1. The summed E-state index contributed by atoms with van der Waals surface area (Å²) in [7, 11) is -1.32. The maximum atomic E-state index is 10.2. The first-order valence-electron chi connectivity index (χ1n) is 8.75. The number of hydrogen-bond donors (Lipinski definition) is 1. The highest BCUT2D eigenvalue weighted by atomic mass is 28.3. The molecule has 0 bridgehead atoms. The zero-order chi connectivity index (χ0) is 17.3. The van der Waals surface area contributed by atoms with Gasteiger partial charge < -0.3 is 5.11 Å². The van der Waals surface area contributed by atoms with Crippen LogP contribution in [-0.2, 0) is 0 Å². The third-order valence-electron chi connectivity index (χ3n) is 3.55. The zero-order valence-corrected chi connectivity index (χ0v) is 16.4. The lowest BCUT2D eigenvalue weighted by Gasteiger charge is -2.15. The van der Waals surface area contributed by atoms with E-state index in [2.05, 4.69) is 75.3 Å². The molecule has 0 aliphatic rings. The molecule has 1 nitrogen and oxygen atoms in total. The number of benzene rings is 1. The predicted molar refractivity (Wildman–Crippen MR) is 105 cm³/mol. The lowest BCUT2D eigenvalue weighted by Crippen LogP contribution is -2.17. The summed E-state index contributed by atoms with van der Waals surface area (Å²) in [5.74, 6) is 3.77. The minimum absolute atomic E-state index is 0.243. The van der Waals surface area contributed by atoms with Crippen molar-refractivity contribution in [1.29, 1.82) is 0 Å². The van der Waals surface area contributed by atoms with Crippen molar-refractivity contribution < 1.29 is 5.11 Å². The van der Waals surface area contributed by atoms with E-state index in [1.807, 2.05) is 6.07 Å². The van der Waals surface area contributed by atoms with Crippen LogP contribution in [0.25, 0.3) is 6.08 Å². The van der Waals surface area contributed by atoms with Gasteiger partial charge >= 0.3 is 0 Å². The molecule has 126 valence electrons. The van der Waals surface area contributed by atoms with Crippen LogP contribution in [-0.4, -0.2) is 19.3 Å². The van der Waals surface area contributed by atoms with Crippen LogP contribution in [0.1, 0.15) is 45.1 Å². The van der Waals surface area contributed by atoms with Gasteiger partial charge in [0.15, 0.2) is 0 Å². The van der Waals surface area contributed by atoms with Crippen molar-refractivity contribution in [2.45, 2.75) is 65.3 Å². The summed E-state index contributed by atoms with van der Waals surface area (Å²) in [6.45, 7) is 11.1.